The SMILES string of the molecule is CC(C)(P)P1(=O)c2ccccc2C2(c3ccccc3-n3c4ccccc4c4cccc2c43)c2ccc(-c3cc(-c4ccccc4)nc(-c4ccccc4)c3)cc21. The number of aromatic nitrogens is 2. The maximum Gasteiger partial charge on any atom is 0.152 e. The molecule has 3 unspecified atom stereocenters. The molecule has 2 aliphatic heterocycles. The first kappa shape index (κ1) is 33.5. The summed E-state index contributed by atoms with van der Waals surface area (Å²) in [6, 6.07) is 64.9. The molecule has 7 aromatic carbocycles. The Bertz CT molecular complexity index is 3050. The van der Waals surface area contributed by atoms with Crippen LogP contribution in [-0.4, -0.2) is 14.4 Å². The molecule has 0 aliphatic carbocycles. The number of rotatable bonds is 4. The summed E-state index contributed by atoms with van der Waals surface area (Å²) >= 11 is 0. The zero-order chi connectivity index (χ0) is 37.8. The molecule has 0 saturated carbocycles. The Kier molecular flexibility index (Phi) is 7.22. The Balaban J connectivity index is 1.27. The van der Waals surface area contributed by atoms with Crippen molar-refractivity contribution >= 4 is 48.8 Å². The number of benzene rings is 7. The highest BCUT2D eigenvalue weighted by Gasteiger charge is 2.56. The van der Waals surface area contributed by atoms with Gasteiger partial charge in [-0.25, -0.2) is 4.98 Å². The van der Waals surface area contributed by atoms with Crippen molar-refractivity contribution in [1.82, 2.24) is 9.55 Å². The molecular formula is C51H38N2OP2. The lowest BCUT2D eigenvalue weighted by molar-refractivity contribution is 0.575. The fraction of sp³-hybridized carbons (Fsp3) is 0.0784. The van der Waals surface area contributed by atoms with Gasteiger partial charge in [0.15, 0.2) is 7.14 Å². The van der Waals surface area contributed by atoms with Gasteiger partial charge >= 0.3 is 0 Å². The monoisotopic (exact) mass is 756 g/mol. The molecule has 4 heterocycles. The van der Waals surface area contributed by atoms with E-state index < -0.39 is 17.5 Å². The van der Waals surface area contributed by atoms with Crippen molar-refractivity contribution in [3.05, 3.63) is 204 Å². The predicted octanol–water partition coefficient (Wildman–Crippen LogP) is 12.1. The van der Waals surface area contributed by atoms with Crippen LogP contribution in [0.15, 0.2) is 182 Å². The highest BCUT2D eigenvalue weighted by Crippen LogP contribution is 2.67. The van der Waals surface area contributed by atoms with E-state index in [2.05, 4.69) is 198 Å². The number of hydrogen-bond donors (Lipinski definition) is 0. The molecule has 0 saturated heterocycles. The van der Waals surface area contributed by atoms with Gasteiger partial charge in [-0.15, -0.1) is 9.24 Å². The third-order valence-electron chi connectivity index (χ3n) is 12.1. The number of pyridine rings is 1. The molecule has 9 aromatic rings. The summed E-state index contributed by atoms with van der Waals surface area (Å²) in [5, 5.41) is 4.28. The summed E-state index contributed by atoms with van der Waals surface area (Å²) in [7, 11) is -0.323. The van der Waals surface area contributed by atoms with Gasteiger partial charge < -0.3 is 9.13 Å². The summed E-state index contributed by atoms with van der Waals surface area (Å²) in [6.45, 7) is 4.23. The third-order valence-corrected chi connectivity index (χ3v) is 17.0. The molecule has 2 aliphatic rings. The van der Waals surface area contributed by atoms with Gasteiger partial charge in [0.1, 0.15) is 0 Å². The molecular weight excluding hydrogens is 719 g/mol. The second-order valence-electron chi connectivity index (χ2n) is 15.7. The Morgan fingerprint density at radius 1 is 0.518 bits per heavy atom. The second-order valence-corrected chi connectivity index (χ2v) is 21.0. The van der Waals surface area contributed by atoms with Gasteiger partial charge in [-0.1, -0.05) is 152 Å². The van der Waals surface area contributed by atoms with E-state index in [4.69, 9.17) is 4.98 Å². The van der Waals surface area contributed by atoms with Crippen LogP contribution in [0.3, 0.4) is 0 Å². The Morgan fingerprint density at radius 2 is 1.09 bits per heavy atom. The van der Waals surface area contributed by atoms with E-state index in [1.54, 1.807) is 0 Å². The van der Waals surface area contributed by atoms with E-state index in [0.29, 0.717) is 0 Å². The van der Waals surface area contributed by atoms with Crippen LogP contribution in [0.4, 0.5) is 0 Å². The highest BCUT2D eigenvalue weighted by molar-refractivity contribution is 7.84. The Morgan fingerprint density at radius 3 is 1.80 bits per heavy atom. The van der Waals surface area contributed by atoms with Gasteiger partial charge in [0, 0.05) is 37.4 Å². The van der Waals surface area contributed by atoms with Crippen molar-refractivity contribution < 1.29 is 4.57 Å². The van der Waals surface area contributed by atoms with Crippen LogP contribution in [0.25, 0.3) is 61.1 Å². The minimum absolute atomic E-state index is 0.643. The highest BCUT2D eigenvalue weighted by atomic mass is 31.2. The molecule has 0 amide bonds. The summed E-state index contributed by atoms with van der Waals surface area (Å²) in [4.78, 5) is 4.54. The molecule has 5 heteroatoms. The zero-order valence-corrected chi connectivity index (χ0v) is 33.2. The first-order chi connectivity index (χ1) is 27.3. The van der Waals surface area contributed by atoms with Gasteiger partial charge in [0.05, 0.1) is 33.5 Å². The standard InChI is InChI=1S/C51H38N2OP2/c1-50(2,55)56(54)47-27-14-11-23-40(47)51(39-22-10-13-26-46(39)53-45-25-12-9-20-37(45)38-21-15-24-42(51)49(38)53)41-29-28-35(32-48(41)56)36-30-43(33-16-5-3-6-17-33)52-44(31-36)34-18-7-4-8-19-34/h3-32H,55H2,1-2H3. The zero-order valence-electron chi connectivity index (χ0n) is 31.1. The van der Waals surface area contributed by atoms with Crippen molar-refractivity contribution in [2.24, 2.45) is 0 Å². The largest absolute Gasteiger partial charge is 0.313 e. The third kappa shape index (κ3) is 4.45. The van der Waals surface area contributed by atoms with Crippen LogP contribution < -0.4 is 10.6 Å². The summed E-state index contributed by atoms with van der Waals surface area (Å²) in [5.74, 6) is 0. The van der Waals surface area contributed by atoms with E-state index in [1.807, 2.05) is 12.1 Å². The quantitative estimate of drug-likeness (QED) is 0.168. The van der Waals surface area contributed by atoms with E-state index in [0.717, 1.165) is 61.1 Å². The fourth-order valence-electron chi connectivity index (χ4n) is 9.74. The van der Waals surface area contributed by atoms with Crippen LogP contribution in [-0.2, 0) is 9.98 Å². The minimum atomic E-state index is -3.32. The molecule has 3 nitrogen and oxygen atoms in total. The van der Waals surface area contributed by atoms with Crippen LogP contribution >= 0.6 is 16.4 Å². The van der Waals surface area contributed by atoms with Crippen LogP contribution in [0, 0.1) is 0 Å². The molecule has 56 heavy (non-hydrogen) atoms. The van der Waals surface area contributed by atoms with E-state index in [1.165, 1.54) is 32.9 Å². The van der Waals surface area contributed by atoms with Crippen molar-refractivity contribution in [3.8, 4) is 39.3 Å². The maximum absolute atomic E-state index is 16.6. The second kappa shape index (κ2) is 12.1. The van der Waals surface area contributed by atoms with Gasteiger partial charge in [-0.2, -0.15) is 0 Å². The summed E-state index contributed by atoms with van der Waals surface area (Å²) < 4.78 is 19.0. The smallest absolute Gasteiger partial charge is 0.152 e. The van der Waals surface area contributed by atoms with Crippen molar-refractivity contribution in [3.63, 3.8) is 0 Å². The lowest BCUT2D eigenvalue weighted by Gasteiger charge is -2.49. The predicted molar refractivity (Wildman–Crippen MR) is 237 cm³/mol. The van der Waals surface area contributed by atoms with Gasteiger partial charge in [-0.3, -0.25) is 0 Å². The number of para-hydroxylation sites is 3. The van der Waals surface area contributed by atoms with E-state index in [9.17, 15) is 0 Å². The maximum atomic E-state index is 16.6. The average Bonchev–Trinajstić information content (AvgIpc) is 3.59. The Labute approximate surface area is 329 Å². The fourth-order valence-corrected chi connectivity index (χ4v) is 13.9. The lowest BCUT2D eigenvalue weighted by Crippen LogP contribution is -2.49. The molecule has 268 valence electrons. The normalized spacial score (nSPS) is 18.1. The number of hydrogen-bond acceptors (Lipinski definition) is 2. The Hall–Kier alpha value is -5.85. The first-order valence-electron chi connectivity index (χ1n) is 19.2. The van der Waals surface area contributed by atoms with Crippen molar-refractivity contribution in [2.45, 2.75) is 24.2 Å². The molecule has 0 N–H and O–H groups in total. The van der Waals surface area contributed by atoms with E-state index in [-0.39, 0.29) is 0 Å². The van der Waals surface area contributed by atoms with Gasteiger partial charge in [0.2, 0.25) is 0 Å². The molecule has 2 aromatic heterocycles. The van der Waals surface area contributed by atoms with Crippen molar-refractivity contribution in [1.29, 1.82) is 0 Å². The van der Waals surface area contributed by atoms with Crippen LogP contribution in [0.5, 0.6) is 0 Å². The summed E-state index contributed by atoms with van der Waals surface area (Å²) in [5.41, 5.74) is 13.3. The van der Waals surface area contributed by atoms with Crippen molar-refractivity contribution in [2.75, 3.05) is 0 Å². The number of nitrogens with zero attached hydrogens (tertiary/aromatic N) is 2. The van der Waals surface area contributed by atoms with Gasteiger partial charge in [-0.05, 0) is 77.6 Å². The molecule has 1 spiro atoms. The first-order valence-corrected chi connectivity index (χ1v) is 21.5. The number of fused-ring (bicyclic) bond motifs is 11. The molecule has 0 fully saturated rings. The molecule has 11 rings (SSSR count). The topological polar surface area (TPSA) is 34.9 Å². The molecule has 0 radical (unpaired) electrons. The average molecular weight is 757 g/mol. The minimum Gasteiger partial charge on any atom is -0.313 e. The van der Waals surface area contributed by atoms with Crippen LogP contribution in [0.1, 0.15) is 36.1 Å². The summed E-state index contributed by atoms with van der Waals surface area (Å²) in [6.07, 6.45) is 0. The van der Waals surface area contributed by atoms with E-state index >= 15 is 4.57 Å². The van der Waals surface area contributed by atoms with Crippen LogP contribution in [0.2, 0.25) is 0 Å². The molecule has 0 bridgehead atoms. The lowest BCUT2D eigenvalue weighted by atomic mass is 9.62. The molecule has 3 atom stereocenters. The van der Waals surface area contributed by atoms with Gasteiger partial charge in [0.25, 0.3) is 0 Å².